The highest BCUT2D eigenvalue weighted by Crippen LogP contribution is 2.05. The van der Waals surface area contributed by atoms with Gasteiger partial charge in [-0.3, -0.25) is 5.32 Å². The third-order valence-electron chi connectivity index (χ3n) is 3.15. The molecular formula is C16H25NSi. The van der Waals surface area contributed by atoms with Crippen molar-refractivity contribution >= 4 is 13.3 Å². The fourth-order valence-electron chi connectivity index (χ4n) is 1.90. The maximum atomic E-state index is 5.50. The van der Waals surface area contributed by atoms with E-state index in [-0.39, 0.29) is 6.04 Å². The summed E-state index contributed by atoms with van der Waals surface area (Å²) in [4.78, 5) is 0. The first-order chi connectivity index (χ1) is 8.47. The number of terminal acetylenes is 1. The highest BCUT2D eigenvalue weighted by molar-refractivity contribution is 6.88. The maximum Gasteiger partial charge on any atom is 0.0775 e. The van der Waals surface area contributed by atoms with E-state index in [0.29, 0.717) is 0 Å². The Kier molecular flexibility index (Phi) is 5.65. The standard InChI is InChI=1S/C16H25NSi/c1-6-8-15(7-2)17-13-14-9-11-16(12-10-14)18(3,4)5/h2,9-12,15,17H,6,8,13H2,1,3-5H3. The first kappa shape index (κ1) is 15.0. The van der Waals surface area contributed by atoms with E-state index in [4.69, 9.17) is 6.42 Å². The van der Waals surface area contributed by atoms with Crippen molar-refractivity contribution in [3.05, 3.63) is 29.8 Å². The van der Waals surface area contributed by atoms with Crippen molar-refractivity contribution < 1.29 is 0 Å². The van der Waals surface area contributed by atoms with Crippen molar-refractivity contribution in [3.63, 3.8) is 0 Å². The Balaban J connectivity index is 2.57. The van der Waals surface area contributed by atoms with Crippen molar-refractivity contribution in [2.45, 2.75) is 52.0 Å². The molecule has 1 unspecified atom stereocenters. The molecule has 0 aliphatic rings. The molecule has 0 aliphatic heterocycles. The summed E-state index contributed by atoms with van der Waals surface area (Å²) in [5.74, 6) is 2.80. The molecule has 0 saturated heterocycles. The second-order valence-corrected chi connectivity index (χ2v) is 10.9. The Hall–Kier alpha value is -1.04. The summed E-state index contributed by atoms with van der Waals surface area (Å²) in [5.41, 5.74) is 1.31. The van der Waals surface area contributed by atoms with Crippen LogP contribution >= 0.6 is 0 Å². The normalized spacial score (nSPS) is 13.1. The zero-order valence-corrected chi connectivity index (χ0v) is 13.1. The molecule has 0 saturated carbocycles. The molecule has 1 atom stereocenters. The number of hydrogen-bond acceptors (Lipinski definition) is 1. The topological polar surface area (TPSA) is 12.0 Å². The van der Waals surface area contributed by atoms with Gasteiger partial charge in [0.2, 0.25) is 0 Å². The Labute approximate surface area is 113 Å². The summed E-state index contributed by atoms with van der Waals surface area (Å²) >= 11 is 0. The number of rotatable bonds is 6. The average molecular weight is 259 g/mol. The van der Waals surface area contributed by atoms with Crippen LogP contribution in [0.4, 0.5) is 0 Å². The van der Waals surface area contributed by atoms with Gasteiger partial charge in [-0.2, -0.15) is 0 Å². The molecule has 1 aromatic carbocycles. The molecular weight excluding hydrogens is 234 g/mol. The van der Waals surface area contributed by atoms with Crippen LogP contribution in [-0.4, -0.2) is 14.1 Å². The van der Waals surface area contributed by atoms with Gasteiger partial charge < -0.3 is 0 Å². The molecule has 0 radical (unpaired) electrons. The molecule has 2 heteroatoms. The predicted octanol–water partition coefficient (Wildman–Crippen LogP) is 3.12. The molecule has 0 bridgehead atoms. The van der Waals surface area contributed by atoms with Gasteiger partial charge in [-0.05, 0) is 12.0 Å². The van der Waals surface area contributed by atoms with E-state index in [9.17, 15) is 0 Å². The van der Waals surface area contributed by atoms with Crippen molar-refractivity contribution in [2.75, 3.05) is 0 Å². The van der Waals surface area contributed by atoms with E-state index in [1.807, 2.05) is 0 Å². The smallest absolute Gasteiger partial charge is 0.0775 e. The van der Waals surface area contributed by atoms with E-state index in [1.165, 1.54) is 10.8 Å². The van der Waals surface area contributed by atoms with E-state index >= 15 is 0 Å². The SMILES string of the molecule is C#CC(CCC)NCc1ccc([Si](C)(C)C)cc1. The molecule has 1 nitrogen and oxygen atoms in total. The van der Waals surface area contributed by atoms with E-state index in [2.05, 4.69) is 62.1 Å². The van der Waals surface area contributed by atoms with Gasteiger partial charge in [-0.1, -0.05) is 68.4 Å². The van der Waals surface area contributed by atoms with E-state index < -0.39 is 8.07 Å². The van der Waals surface area contributed by atoms with Gasteiger partial charge in [0.25, 0.3) is 0 Å². The summed E-state index contributed by atoms with van der Waals surface area (Å²) in [6, 6.07) is 9.19. The Morgan fingerprint density at radius 1 is 1.22 bits per heavy atom. The summed E-state index contributed by atoms with van der Waals surface area (Å²) in [5, 5.41) is 4.93. The van der Waals surface area contributed by atoms with Crippen molar-refractivity contribution in [1.29, 1.82) is 0 Å². The first-order valence-electron chi connectivity index (χ1n) is 6.76. The van der Waals surface area contributed by atoms with Crippen LogP contribution in [0.1, 0.15) is 25.3 Å². The van der Waals surface area contributed by atoms with Crippen molar-refractivity contribution in [3.8, 4) is 12.3 Å². The molecule has 1 rings (SSSR count). The van der Waals surface area contributed by atoms with Crippen LogP contribution in [0.2, 0.25) is 19.6 Å². The minimum atomic E-state index is -1.17. The predicted molar refractivity (Wildman–Crippen MR) is 83.8 cm³/mol. The van der Waals surface area contributed by atoms with E-state index in [0.717, 1.165) is 19.4 Å². The lowest BCUT2D eigenvalue weighted by Gasteiger charge is -2.17. The number of nitrogens with one attached hydrogen (secondary N) is 1. The molecule has 0 spiro atoms. The van der Waals surface area contributed by atoms with Crippen molar-refractivity contribution in [2.24, 2.45) is 0 Å². The summed E-state index contributed by atoms with van der Waals surface area (Å²) < 4.78 is 0. The molecule has 0 heterocycles. The second-order valence-electron chi connectivity index (χ2n) is 5.84. The van der Waals surface area contributed by atoms with Gasteiger partial charge in [0, 0.05) is 6.54 Å². The molecule has 1 N–H and O–H groups in total. The van der Waals surface area contributed by atoms with Gasteiger partial charge in [0.15, 0.2) is 0 Å². The molecule has 1 aromatic rings. The van der Waals surface area contributed by atoms with Crippen LogP contribution in [0.25, 0.3) is 0 Å². The van der Waals surface area contributed by atoms with Crippen LogP contribution in [0, 0.1) is 12.3 Å². The lowest BCUT2D eigenvalue weighted by molar-refractivity contribution is 0.563. The van der Waals surface area contributed by atoms with Crippen LogP contribution in [0.15, 0.2) is 24.3 Å². The molecule has 0 fully saturated rings. The minimum Gasteiger partial charge on any atom is -0.300 e. The van der Waals surface area contributed by atoms with E-state index in [1.54, 1.807) is 0 Å². The molecule has 0 aromatic heterocycles. The first-order valence-corrected chi connectivity index (χ1v) is 10.3. The largest absolute Gasteiger partial charge is 0.300 e. The van der Waals surface area contributed by atoms with Crippen molar-refractivity contribution in [1.82, 2.24) is 5.32 Å². The zero-order chi connectivity index (χ0) is 13.6. The average Bonchev–Trinajstić information content (AvgIpc) is 2.34. The maximum absolute atomic E-state index is 5.50. The molecule has 0 aliphatic carbocycles. The molecule has 0 amide bonds. The Morgan fingerprint density at radius 2 is 1.83 bits per heavy atom. The van der Waals surface area contributed by atoms with Gasteiger partial charge in [-0.25, -0.2) is 0 Å². The number of hydrogen-bond donors (Lipinski definition) is 1. The summed E-state index contributed by atoms with van der Waals surface area (Å²) in [6.45, 7) is 10.1. The highest BCUT2D eigenvalue weighted by atomic mass is 28.3. The second kappa shape index (κ2) is 6.77. The lowest BCUT2D eigenvalue weighted by atomic mass is 10.1. The quantitative estimate of drug-likeness (QED) is 0.611. The fourth-order valence-corrected chi connectivity index (χ4v) is 3.06. The van der Waals surface area contributed by atoms with Gasteiger partial charge >= 0.3 is 0 Å². The van der Waals surface area contributed by atoms with Crippen LogP contribution in [0.3, 0.4) is 0 Å². The van der Waals surface area contributed by atoms with Crippen LogP contribution in [-0.2, 0) is 6.54 Å². The highest BCUT2D eigenvalue weighted by Gasteiger charge is 2.15. The number of benzene rings is 1. The minimum absolute atomic E-state index is 0.201. The Bertz CT molecular complexity index is 395. The van der Waals surface area contributed by atoms with Gasteiger partial charge in [0.05, 0.1) is 14.1 Å². The zero-order valence-electron chi connectivity index (χ0n) is 12.1. The molecule has 98 valence electrons. The Morgan fingerprint density at radius 3 is 2.28 bits per heavy atom. The third-order valence-corrected chi connectivity index (χ3v) is 5.22. The van der Waals surface area contributed by atoms with Gasteiger partial charge in [0.1, 0.15) is 0 Å². The third kappa shape index (κ3) is 4.68. The summed E-state index contributed by atoms with van der Waals surface area (Å²) in [6.07, 6.45) is 7.66. The fraction of sp³-hybridized carbons (Fsp3) is 0.500. The summed E-state index contributed by atoms with van der Waals surface area (Å²) in [7, 11) is -1.17. The van der Waals surface area contributed by atoms with Crippen LogP contribution in [0.5, 0.6) is 0 Å². The van der Waals surface area contributed by atoms with Gasteiger partial charge in [-0.15, -0.1) is 6.42 Å². The molecule has 18 heavy (non-hydrogen) atoms. The monoisotopic (exact) mass is 259 g/mol. The lowest BCUT2D eigenvalue weighted by Crippen LogP contribution is -2.37. The van der Waals surface area contributed by atoms with Crippen LogP contribution < -0.4 is 10.5 Å².